The Kier molecular flexibility index (Phi) is 7.78. The Morgan fingerprint density at radius 3 is 2.36 bits per heavy atom. The van der Waals surface area contributed by atoms with Crippen LogP contribution in [0.25, 0.3) is 0 Å². The summed E-state index contributed by atoms with van der Waals surface area (Å²) < 4.78 is 13.2. The van der Waals surface area contributed by atoms with E-state index in [1.165, 1.54) is 19.3 Å². The van der Waals surface area contributed by atoms with Gasteiger partial charge in [0.05, 0.1) is 24.9 Å². The lowest BCUT2D eigenvalue weighted by molar-refractivity contribution is -0.276. The molecule has 0 unspecified atom stereocenters. The second-order valence-electron chi connectivity index (χ2n) is 13.9. The Balaban J connectivity index is 1.07. The molecule has 2 amide bonds. The summed E-state index contributed by atoms with van der Waals surface area (Å²) in [6, 6.07) is 15.6. The number of carbonyl (C=O) groups excluding carboxylic acids is 1. The molecule has 5 atom stereocenters. The Bertz CT molecular complexity index is 1230. The number of β-amino-alcohol motifs (C(OH)–C–C–N with tert-alkyl or cyclic N) is 1. The van der Waals surface area contributed by atoms with E-state index >= 15 is 0 Å². The molecule has 42 heavy (non-hydrogen) atoms. The van der Waals surface area contributed by atoms with Crippen LogP contribution in [0.5, 0.6) is 0 Å². The molecule has 4 bridgehead atoms. The van der Waals surface area contributed by atoms with Gasteiger partial charge < -0.3 is 30.3 Å². The average Bonchev–Trinajstić information content (AvgIpc) is 3.37. The largest absolute Gasteiger partial charge is 0.392 e. The number of ether oxygens (including phenoxy) is 2. The van der Waals surface area contributed by atoms with E-state index in [-0.39, 0.29) is 42.4 Å². The topological polar surface area (TPSA) is 103 Å². The van der Waals surface area contributed by atoms with Crippen LogP contribution in [0.3, 0.4) is 0 Å². The maximum absolute atomic E-state index is 13.3. The monoisotopic (exact) mass is 575 g/mol. The molecular formula is C34H45N3O5. The third kappa shape index (κ3) is 5.84. The summed E-state index contributed by atoms with van der Waals surface area (Å²) in [7, 11) is 0. The van der Waals surface area contributed by atoms with Crippen LogP contribution in [0.2, 0.25) is 0 Å². The summed E-state index contributed by atoms with van der Waals surface area (Å²) in [6.07, 6.45) is 6.96. The molecule has 4 N–H and O–H groups in total. The summed E-state index contributed by atoms with van der Waals surface area (Å²) in [5, 5.41) is 26.2. The van der Waals surface area contributed by atoms with E-state index in [4.69, 9.17) is 9.47 Å². The molecular weight excluding hydrogens is 530 g/mol. The van der Waals surface area contributed by atoms with Gasteiger partial charge in [0.15, 0.2) is 6.29 Å². The van der Waals surface area contributed by atoms with Crippen LogP contribution in [0.15, 0.2) is 48.5 Å². The lowest BCUT2D eigenvalue weighted by Crippen LogP contribution is -2.60. The van der Waals surface area contributed by atoms with Gasteiger partial charge >= 0.3 is 6.03 Å². The van der Waals surface area contributed by atoms with E-state index < -0.39 is 6.29 Å². The van der Waals surface area contributed by atoms with Crippen molar-refractivity contribution in [3.8, 4) is 0 Å². The summed E-state index contributed by atoms with van der Waals surface area (Å²) >= 11 is 0. The van der Waals surface area contributed by atoms with Crippen LogP contribution < -0.4 is 10.6 Å². The molecule has 6 fully saturated rings. The molecule has 2 aromatic rings. The van der Waals surface area contributed by atoms with Crippen LogP contribution in [-0.4, -0.2) is 58.5 Å². The quantitative estimate of drug-likeness (QED) is 0.365. The van der Waals surface area contributed by atoms with Gasteiger partial charge in [-0.05, 0) is 86.0 Å². The molecule has 0 radical (unpaired) electrons. The van der Waals surface area contributed by atoms with Gasteiger partial charge in [-0.2, -0.15) is 0 Å². The minimum Gasteiger partial charge on any atom is -0.392 e. The van der Waals surface area contributed by atoms with Crippen molar-refractivity contribution in [2.24, 2.45) is 23.7 Å². The number of nitrogens with one attached hydrogen (secondary N) is 2. The fourth-order valence-corrected chi connectivity index (χ4v) is 8.99. The molecule has 2 aliphatic heterocycles. The molecule has 8 rings (SSSR count). The summed E-state index contributed by atoms with van der Waals surface area (Å²) in [5.74, 6) is 2.39. The van der Waals surface area contributed by atoms with Gasteiger partial charge in [0.1, 0.15) is 0 Å². The van der Waals surface area contributed by atoms with Crippen molar-refractivity contribution in [3.05, 3.63) is 65.2 Å². The summed E-state index contributed by atoms with van der Waals surface area (Å²) in [5.41, 5.74) is 3.45. The lowest BCUT2D eigenvalue weighted by Gasteiger charge is -2.56. The maximum Gasteiger partial charge on any atom is 0.319 e. The van der Waals surface area contributed by atoms with Crippen molar-refractivity contribution >= 4 is 11.7 Å². The maximum atomic E-state index is 13.3. The van der Waals surface area contributed by atoms with Crippen molar-refractivity contribution in [3.63, 3.8) is 0 Å². The van der Waals surface area contributed by atoms with Gasteiger partial charge in [0, 0.05) is 42.3 Å². The van der Waals surface area contributed by atoms with Gasteiger partial charge in [-0.1, -0.05) is 43.3 Å². The molecule has 2 heterocycles. The van der Waals surface area contributed by atoms with Crippen molar-refractivity contribution in [2.45, 2.75) is 88.6 Å². The number of aliphatic hydroxyl groups is 2. The van der Waals surface area contributed by atoms with Crippen LogP contribution in [0.1, 0.15) is 81.0 Å². The van der Waals surface area contributed by atoms with Crippen LogP contribution in [-0.2, 0) is 16.1 Å². The number of benzene rings is 2. The van der Waals surface area contributed by atoms with Gasteiger partial charge in [-0.25, -0.2) is 4.79 Å². The van der Waals surface area contributed by atoms with Crippen LogP contribution >= 0.6 is 0 Å². The summed E-state index contributed by atoms with van der Waals surface area (Å²) in [6.45, 7) is 4.39. The number of rotatable bonds is 7. The summed E-state index contributed by atoms with van der Waals surface area (Å²) in [4.78, 5) is 15.5. The first-order chi connectivity index (χ1) is 20.3. The van der Waals surface area contributed by atoms with E-state index in [1.54, 1.807) is 0 Å². The molecule has 0 aromatic heterocycles. The third-order valence-corrected chi connectivity index (χ3v) is 10.6. The van der Waals surface area contributed by atoms with Crippen LogP contribution in [0.4, 0.5) is 10.5 Å². The van der Waals surface area contributed by atoms with Gasteiger partial charge in [0.2, 0.25) is 0 Å². The highest BCUT2D eigenvalue weighted by atomic mass is 16.7. The molecule has 4 saturated carbocycles. The number of anilines is 1. The zero-order valence-electron chi connectivity index (χ0n) is 24.6. The molecule has 8 nitrogen and oxygen atoms in total. The van der Waals surface area contributed by atoms with E-state index in [2.05, 4.69) is 22.5 Å². The number of hydrogen-bond acceptors (Lipinski definition) is 6. The van der Waals surface area contributed by atoms with Crippen molar-refractivity contribution in [2.75, 3.05) is 25.0 Å². The number of aliphatic hydroxyl groups excluding tert-OH is 2. The zero-order chi connectivity index (χ0) is 28.8. The lowest BCUT2D eigenvalue weighted by atomic mass is 9.53. The molecule has 4 aliphatic carbocycles. The predicted molar refractivity (Wildman–Crippen MR) is 160 cm³/mol. The fourth-order valence-electron chi connectivity index (χ4n) is 8.99. The van der Waals surface area contributed by atoms with Gasteiger partial charge in [-0.3, -0.25) is 4.90 Å². The average molecular weight is 576 g/mol. The molecule has 6 aliphatic rings. The molecule has 2 aromatic carbocycles. The Morgan fingerprint density at radius 2 is 1.71 bits per heavy atom. The Hall–Kier alpha value is -2.49. The standard InChI is InChI=1S/C34H45N3O5/c1-21-30(19-37-10-9-29(39)18-37)41-32(42-31(21)26-7-5-22(20-38)6-8-26)27-3-2-4-28(14-27)35-33(40)36-34-15-23-11-24(16-34)13-25(12-23)17-34/h2-8,14,21,23-25,29-32,38-39H,9-13,15-20H2,1H3,(H2,35,36,40)/t21-,23?,24?,25?,29+,30+,31+,32+,34?/m1/s1. The molecule has 2 saturated heterocycles. The molecule has 0 spiro atoms. The minimum absolute atomic E-state index is 0.00321. The number of likely N-dealkylation sites (tertiary alicyclic amines) is 1. The highest BCUT2D eigenvalue weighted by Crippen LogP contribution is 2.55. The van der Waals surface area contributed by atoms with E-state index in [0.29, 0.717) is 13.1 Å². The van der Waals surface area contributed by atoms with Gasteiger partial charge in [-0.15, -0.1) is 0 Å². The van der Waals surface area contributed by atoms with Crippen LogP contribution in [0, 0.1) is 23.7 Å². The predicted octanol–water partition coefficient (Wildman–Crippen LogP) is 5.13. The molecule has 226 valence electrons. The highest BCUT2D eigenvalue weighted by Gasteiger charge is 2.51. The number of urea groups is 1. The molecule has 8 heteroatoms. The number of amides is 2. The van der Waals surface area contributed by atoms with Gasteiger partial charge in [0.25, 0.3) is 0 Å². The highest BCUT2D eigenvalue weighted by molar-refractivity contribution is 5.89. The van der Waals surface area contributed by atoms with E-state index in [9.17, 15) is 15.0 Å². The van der Waals surface area contributed by atoms with E-state index in [1.807, 2.05) is 48.5 Å². The number of nitrogens with zero attached hydrogens (tertiary/aromatic N) is 1. The first-order valence-corrected chi connectivity index (χ1v) is 15.9. The minimum atomic E-state index is -0.603. The van der Waals surface area contributed by atoms with Crippen molar-refractivity contribution < 1.29 is 24.5 Å². The zero-order valence-corrected chi connectivity index (χ0v) is 24.6. The Morgan fingerprint density at radius 1 is 1.00 bits per heavy atom. The van der Waals surface area contributed by atoms with E-state index in [0.717, 1.165) is 72.4 Å². The van der Waals surface area contributed by atoms with Crippen molar-refractivity contribution in [1.82, 2.24) is 10.2 Å². The number of carbonyl (C=O) groups is 1. The Labute approximate surface area is 248 Å². The second kappa shape index (κ2) is 11.5. The normalized spacial score (nSPS) is 37.6. The number of hydrogen-bond donors (Lipinski definition) is 4. The first kappa shape index (κ1) is 28.3. The SMILES string of the molecule is C[C@@H]1[C@H](CN2CC[C@H](O)C2)O[C@H](c2cccc(NC(=O)NC34CC5CC(CC(C5)C3)C4)c2)O[C@@H]1c1ccc(CO)cc1. The van der Waals surface area contributed by atoms with Crippen molar-refractivity contribution in [1.29, 1.82) is 0 Å². The smallest absolute Gasteiger partial charge is 0.319 e. The first-order valence-electron chi connectivity index (χ1n) is 15.9. The third-order valence-electron chi connectivity index (χ3n) is 10.6. The fraction of sp³-hybridized carbons (Fsp3) is 0.618. The second-order valence-corrected chi connectivity index (χ2v) is 13.9.